The Balaban J connectivity index is 1.66. The summed E-state index contributed by atoms with van der Waals surface area (Å²) in [5.74, 6) is -3.12. The fourth-order valence-electron chi connectivity index (χ4n) is 3.81. The van der Waals surface area contributed by atoms with E-state index < -0.39 is 47.9 Å². The molecule has 0 radical (unpaired) electrons. The van der Waals surface area contributed by atoms with Crippen molar-refractivity contribution in [1.29, 1.82) is 0 Å². The molecule has 1 heterocycles. The number of nitrogens with two attached hydrogens (primary N) is 1. The Morgan fingerprint density at radius 1 is 0.846 bits per heavy atom. The number of H-pyrrole nitrogens is 1. The first kappa shape index (κ1) is 28.9. The van der Waals surface area contributed by atoms with Gasteiger partial charge in [0, 0.05) is 31.2 Å². The number of rotatable bonds is 13. The van der Waals surface area contributed by atoms with Gasteiger partial charge >= 0.3 is 5.97 Å². The van der Waals surface area contributed by atoms with E-state index in [4.69, 9.17) is 5.73 Å². The highest BCUT2D eigenvalue weighted by molar-refractivity contribution is 5.94. The van der Waals surface area contributed by atoms with Gasteiger partial charge in [0.15, 0.2) is 0 Å². The number of carbonyl (C=O) groups is 4. The van der Waals surface area contributed by atoms with Crippen molar-refractivity contribution >= 4 is 23.7 Å². The molecular weight excluding hydrogens is 504 g/mol. The summed E-state index contributed by atoms with van der Waals surface area (Å²) in [6.07, 6.45) is 3.28. The molecule has 0 aliphatic heterocycles. The molecule has 2 aromatic carbocycles. The summed E-state index contributed by atoms with van der Waals surface area (Å²) < 4.78 is 0. The third kappa shape index (κ3) is 8.97. The van der Waals surface area contributed by atoms with Crippen molar-refractivity contribution in [3.8, 4) is 5.75 Å². The van der Waals surface area contributed by atoms with Crippen LogP contribution in [0.3, 0.4) is 0 Å². The molecular formula is C27H32N6O6. The number of hydrogen-bond donors (Lipinski definition) is 7. The molecule has 3 rings (SSSR count). The number of nitrogens with zero attached hydrogens (tertiary/aromatic N) is 1. The van der Waals surface area contributed by atoms with Crippen LogP contribution in [0.5, 0.6) is 5.75 Å². The van der Waals surface area contributed by atoms with E-state index in [9.17, 15) is 29.4 Å². The summed E-state index contributed by atoms with van der Waals surface area (Å²) in [6, 6.07) is 10.5. The highest BCUT2D eigenvalue weighted by Gasteiger charge is 2.29. The maximum atomic E-state index is 13.2. The molecule has 4 unspecified atom stereocenters. The Morgan fingerprint density at radius 2 is 1.46 bits per heavy atom. The minimum atomic E-state index is -1.21. The van der Waals surface area contributed by atoms with E-state index in [2.05, 4.69) is 25.9 Å². The van der Waals surface area contributed by atoms with Gasteiger partial charge in [-0.15, -0.1) is 0 Å². The topological polar surface area (TPSA) is 200 Å². The molecule has 3 amide bonds. The summed E-state index contributed by atoms with van der Waals surface area (Å²) in [6.45, 7) is 1.41. The average Bonchev–Trinajstić information content (AvgIpc) is 3.42. The van der Waals surface area contributed by atoms with Crippen molar-refractivity contribution in [2.45, 2.75) is 50.4 Å². The number of carbonyl (C=O) groups excluding carboxylic acids is 3. The van der Waals surface area contributed by atoms with Crippen LogP contribution in [0.4, 0.5) is 0 Å². The Labute approximate surface area is 225 Å². The van der Waals surface area contributed by atoms with Crippen LogP contribution in [0.15, 0.2) is 67.1 Å². The fourth-order valence-corrected chi connectivity index (χ4v) is 3.81. The second kappa shape index (κ2) is 13.7. The summed E-state index contributed by atoms with van der Waals surface area (Å²) in [5, 5.41) is 26.8. The lowest BCUT2D eigenvalue weighted by Gasteiger charge is -2.24. The Bertz CT molecular complexity index is 1250. The molecule has 0 aliphatic rings. The van der Waals surface area contributed by atoms with Crippen LogP contribution in [0.1, 0.15) is 23.7 Å². The zero-order valence-corrected chi connectivity index (χ0v) is 21.3. The first-order valence-electron chi connectivity index (χ1n) is 12.3. The number of carboxylic acid groups (broad SMARTS) is 1. The van der Waals surface area contributed by atoms with Gasteiger partial charge in [0.25, 0.3) is 0 Å². The zero-order valence-electron chi connectivity index (χ0n) is 21.3. The van der Waals surface area contributed by atoms with Crippen LogP contribution in [0.25, 0.3) is 0 Å². The van der Waals surface area contributed by atoms with Gasteiger partial charge in [-0.25, -0.2) is 9.78 Å². The lowest BCUT2D eigenvalue weighted by atomic mass is 10.0. The molecule has 12 heteroatoms. The maximum absolute atomic E-state index is 13.2. The van der Waals surface area contributed by atoms with Gasteiger partial charge in [0.2, 0.25) is 17.7 Å². The second-order valence-corrected chi connectivity index (χ2v) is 9.14. The van der Waals surface area contributed by atoms with Crippen molar-refractivity contribution < 1.29 is 29.4 Å². The van der Waals surface area contributed by atoms with Crippen LogP contribution < -0.4 is 21.7 Å². The molecule has 4 atom stereocenters. The standard InChI is InChI=1S/C27H32N6O6/c1-16(24(35)33-23(27(38)39)12-17-5-3-2-4-6-17)31-26(37)22(11-18-7-9-20(34)10-8-18)32-25(36)21(28)13-19-14-29-15-30-19/h2-10,14-16,21-23,34H,11-13,28H2,1H3,(H,29,30)(H,31,37)(H,32,36)(H,33,35)(H,38,39). The predicted octanol–water partition coefficient (Wildman–Crippen LogP) is 0.0294. The smallest absolute Gasteiger partial charge is 0.326 e. The normalized spacial score (nSPS) is 13.9. The number of carboxylic acids is 1. The highest BCUT2D eigenvalue weighted by atomic mass is 16.4. The van der Waals surface area contributed by atoms with E-state index in [1.54, 1.807) is 42.5 Å². The summed E-state index contributed by atoms with van der Waals surface area (Å²) >= 11 is 0. The van der Waals surface area contributed by atoms with Crippen LogP contribution in [0, 0.1) is 0 Å². The number of amides is 3. The van der Waals surface area contributed by atoms with Crippen LogP contribution >= 0.6 is 0 Å². The molecule has 0 saturated heterocycles. The third-order valence-electron chi connectivity index (χ3n) is 5.99. The number of hydrogen-bond acceptors (Lipinski definition) is 7. The lowest BCUT2D eigenvalue weighted by molar-refractivity contribution is -0.142. The Morgan fingerprint density at radius 3 is 2.08 bits per heavy atom. The average molecular weight is 537 g/mol. The van der Waals surface area contributed by atoms with Gasteiger partial charge < -0.3 is 36.9 Å². The van der Waals surface area contributed by atoms with Crippen molar-refractivity contribution in [1.82, 2.24) is 25.9 Å². The van der Waals surface area contributed by atoms with E-state index in [0.29, 0.717) is 11.3 Å². The number of imidazole rings is 1. The summed E-state index contributed by atoms with van der Waals surface area (Å²) in [5.41, 5.74) is 8.03. The van der Waals surface area contributed by atoms with E-state index in [1.165, 1.54) is 31.6 Å². The molecule has 39 heavy (non-hydrogen) atoms. The van der Waals surface area contributed by atoms with Gasteiger partial charge in [0.1, 0.15) is 23.9 Å². The molecule has 12 nitrogen and oxygen atoms in total. The first-order chi connectivity index (χ1) is 18.6. The van der Waals surface area contributed by atoms with E-state index in [0.717, 1.165) is 5.56 Å². The largest absolute Gasteiger partial charge is 0.508 e. The lowest BCUT2D eigenvalue weighted by Crippen LogP contribution is -2.57. The molecule has 0 aliphatic carbocycles. The molecule has 0 saturated carbocycles. The number of benzene rings is 2. The molecule has 0 bridgehead atoms. The van der Waals surface area contributed by atoms with Crippen molar-refractivity contribution in [3.63, 3.8) is 0 Å². The molecule has 206 valence electrons. The van der Waals surface area contributed by atoms with E-state index in [1.807, 2.05) is 0 Å². The van der Waals surface area contributed by atoms with Crippen molar-refractivity contribution in [3.05, 3.63) is 83.9 Å². The minimum absolute atomic E-state index is 0.0409. The van der Waals surface area contributed by atoms with Gasteiger partial charge in [-0.3, -0.25) is 14.4 Å². The quantitative estimate of drug-likeness (QED) is 0.159. The molecule has 0 fully saturated rings. The monoisotopic (exact) mass is 536 g/mol. The first-order valence-corrected chi connectivity index (χ1v) is 12.3. The zero-order chi connectivity index (χ0) is 28.4. The summed E-state index contributed by atoms with van der Waals surface area (Å²) in [7, 11) is 0. The Kier molecular flexibility index (Phi) is 10.2. The second-order valence-electron chi connectivity index (χ2n) is 9.14. The fraction of sp³-hybridized carbons (Fsp3) is 0.296. The number of nitrogens with one attached hydrogen (secondary N) is 4. The van der Waals surface area contributed by atoms with Crippen molar-refractivity contribution in [2.75, 3.05) is 0 Å². The van der Waals surface area contributed by atoms with Crippen LogP contribution in [-0.2, 0) is 38.4 Å². The molecule has 0 spiro atoms. The number of aliphatic carboxylic acids is 1. The van der Waals surface area contributed by atoms with E-state index >= 15 is 0 Å². The van der Waals surface area contributed by atoms with Gasteiger partial charge in [0.05, 0.1) is 12.4 Å². The number of phenolic OH excluding ortho intramolecular Hbond substituents is 1. The predicted molar refractivity (Wildman–Crippen MR) is 141 cm³/mol. The molecule has 8 N–H and O–H groups in total. The molecule has 3 aromatic rings. The van der Waals surface area contributed by atoms with E-state index in [-0.39, 0.29) is 25.0 Å². The number of aromatic hydroxyl groups is 1. The number of phenols is 1. The third-order valence-corrected chi connectivity index (χ3v) is 5.99. The van der Waals surface area contributed by atoms with Gasteiger partial charge in [-0.05, 0) is 30.2 Å². The highest BCUT2D eigenvalue weighted by Crippen LogP contribution is 2.12. The summed E-state index contributed by atoms with van der Waals surface area (Å²) in [4.78, 5) is 57.3. The van der Waals surface area contributed by atoms with Crippen LogP contribution in [-0.4, -0.2) is 68.0 Å². The Hall–Kier alpha value is -4.71. The minimum Gasteiger partial charge on any atom is -0.508 e. The SMILES string of the molecule is CC(NC(=O)C(Cc1ccc(O)cc1)NC(=O)C(N)Cc1cnc[nH]1)C(=O)NC(Cc1ccccc1)C(=O)O. The maximum Gasteiger partial charge on any atom is 0.326 e. The number of aromatic amines is 1. The van der Waals surface area contributed by atoms with Gasteiger partial charge in [-0.2, -0.15) is 0 Å². The van der Waals surface area contributed by atoms with Crippen molar-refractivity contribution in [2.24, 2.45) is 5.73 Å². The van der Waals surface area contributed by atoms with Gasteiger partial charge in [-0.1, -0.05) is 42.5 Å². The molecule has 1 aromatic heterocycles. The number of aromatic nitrogens is 2. The van der Waals surface area contributed by atoms with Crippen LogP contribution in [0.2, 0.25) is 0 Å².